The van der Waals surface area contributed by atoms with E-state index in [-0.39, 0.29) is 13.1 Å². The van der Waals surface area contributed by atoms with Gasteiger partial charge in [0.1, 0.15) is 5.75 Å². The number of hydrogen-bond donors (Lipinski definition) is 3. The van der Waals surface area contributed by atoms with Gasteiger partial charge in [0.25, 0.3) is 0 Å². The molecule has 0 fully saturated rings. The predicted octanol–water partition coefficient (Wildman–Crippen LogP) is 1.55. The summed E-state index contributed by atoms with van der Waals surface area (Å²) in [7, 11) is -3.26. The third-order valence-corrected chi connectivity index (χ3v) is 3.90. The molecule has 2 amide bonds. The zero-order valence-corrected chi connectivity index (χ0v) is 15.0. The van der Waals surface area contributed by atoms with E-state index in [0.717, 1.165) is 11.9 Å². The third-order valence-electron chi connectivity index (χ3n) is 3.17. The van der Waals surface area contributed by atoms with E-state index < -0.39 is 16.1 Å². The summed E-state index contributed by atoms with van der Waals surface area (Å²) in [6, 6.07) is 8.72. The Hall–Kier alpha value is -2.52. The molecule has 25 heavy (non-hydrogen) atoms. The maximum Gasteiger partial charge on any atom is 0.319 e. The number of amides is 2. The highest BCUT2D eigenvalue weighted by atomic mass is 32.2. The van der Waals surface area contributed by atoms with Crippen molar-refractivity contribution in [2.45, 2.75) is 6.92 Å². The average Bonchev–Trinajstić information content (AvgIpc) is 3.07. The molecule has 0 bridgehead atoms. The number of benzene rings is 1. The summed E-state index contributed by atoms with van der Waals surface area (Å²) in [6.45, 7) is 2.75. The molecule has 1 heterocycles. The molecule has 0 spiro atoms. The van der Waals surface area contributed by atoms with Crippen molar-refractivity contribution >= 4 is 21.7 Å². The van der Waals surface area contributed by atoms with Crippen molar-refractivity contribution in [3.8, 4) is 11.4 Å². The maximum absolute atomic E-state index is 11.9. The van der Waals surface area contributed by atoms with E-state index in [9.17, 15) is 13.2 Å². The summed E-state index contributed by atoms with van der Waals surface area (Å²) in [6.07, 6.45) is 4.84. The van der Waals surface area contributed by atoms with E-state index in [1.807, 2.05) is 36.0 Å². The molecule has 0 aliphatic heterocycles. The minimum atomic E-state index is -3.26. The minimum absolute atomic E-state index is 0.129. The minimum Gasteiger partial charge on any atom is -0.492 e. The fourth-order valence-electron chi connectivity index (χ4n) is 2.16. The quantitative estimate of drug-likeness (QED) is 0.617. The Balaban J connectivity index is 2.00. The van der Waals surface area contributed by atoms with Crippen molar-refractivity contribution < 1.29 is 17.9 Å². The normalized spacial score (nSPS) is 11.1. The lowest BCUT2D eigenvalue weighted by molar-refractivity contribution is 0.252. The number of sulfonamides is 1. The van der Waals surface area contributed by atoms with Crippen molar-refractivity contribution in [3.05, 3.63) is 42.7 Å². The van der Waals surface area contributed by atoms with Crippen LogP contribution in [0.2, 0.25) is 0 Å². The first-order valence-electron chi connectivity index (χ1n) is 7.78. The molecule has 0 unspecified atom stereocenters. The van der Waals surface area contributed by atoms with Gasteiger partial charge in [-0.2, -0.15) is 0 Å². The fourth-order valence-corrected chi connectivity index (χ4v) is 2.63. The van der Waals surface area contributed by atoms with Gasteiger partial charge in [-0.3, -0.25) is 0 Å². The largest absolute Gasteiger partial charge is 0.492 e. The van der Waals surface area contributed by atoms with Crippen LogP contribution in [0.1, 0.15) is 6.92 Å². The first-order valence-corrected chi connectivity index (χ1v) is 9.68. The van der Waals surface area contributed by atoms with Gasteiger partial charge in [-0.1, -0.05) is 0 Å². The summed E-state index contributed by atoms with van der Waals surface area (Å²) in [5.74, 6) is 0.710. The Morgan fingerprint density at radius 3 is 2.56 bits per heavy atom. The number of anilines is 1. The van der Waals surface area contributed by atoms with Gasteiger partial charge >= 0.3 is 6.03 Å². The van der Waals surface area contributed by atoms with Crippen LogP contribution in [0.25, 0.3) is 5.69 Å². The van der Waals surface area contributed by atoms with Gasteiger partial charge in [-0.15, -0.1) is 0 Å². The monoisotopic (exact) mass is 366 g/mol. The summed E-state index contributed by atoms with van der Waals surface area (Å²) in [5, 5.41) is 5.30. The highest BCUT2D eigenvalue weighted by molar-refractivity contribution is 7.88. The van der Waals surface area contributed by atoms with Gasteiger partial charge < -0.3 is 19.9 Å². The number of hydrogen-bond acceptors (Lipinski definition) is 4. The van der Waals surface area contributed by atoms with Crippen LogP contribution in [0.3, 0.4) is 0 Å². The maximum atomic E-state index is 11.9. The molecule has 3 N–H and O–H groups in total. The fraction of sp³-hybridized carbons (Fsp3) is 0.312. The van der Waals surface area contributed by atoms with Crippen LogP contribution < -0.4 is 20.1 Å². The highest BCUT2D eigenvalue weighted by Crippen LogP contribution is 2.26. The Morgan fingerprint density at radius 1 is 1.20 bits per heavy atom. The molecule has 8 nitrogen and oxygen atoms in total. The number of urea groups is 1. The van der Waals surface area contributed by atoms with Crippen LogP contribution in [0.15, 0.2) is 42.7 Å². The number of carbonyl (C=O) groups excluding carboxylic acids is 1. The molecule has 0 radical (unpaired) electrons. The molecule has 0 saturated carbocycles. The lowest BCUT2D eigenvalue weighted by Crippen LogP contribution is -2.36. The third kappa shape index (κ3) is 6.12. The number of nitrogens with one attached hydrogen (secondary N) is 3. The standard InChI is InChI=1S/C16H22N4O4S/c1-3-24-15-7-6-13(12-14(15)20-10-4-5-11-20)19-16(21)17-8-9-18-25(2,22)23/h4-7,10-12,18H,3,8-9H2,1-2H3,(H2,17,19,21). The zero-order chi connectivity index (χ0) is 18.3. The molecule has 0 aliphatic carbocycles. The van der Waals surface area contributed by atoms with Gasteiger partial charge in [-0.25, -0.2) is 17.9 Å². The lowest BCUT2D eigenvalue weighted by Gasteiger charge is -2.14. The van der Waals surface area contributed by atoms with E-state index in [2.05, 4.69) is 15.4 Å². The topological polar surface area (TPSA) is 101 Å². The van der Waals surface area contributed by atoms with Gasteiger partial charge in [0.05, 0.1) is 18.6 Å². The van der Waals surface area contributed by atoms with Gasteiger partial charge in [0.2, 0.25) is 10.0 Å². The van der Waals surface area contributed by atoms with Gasteiger partial charge in [0.15, 0.2) is 0 Å². The second kappa shape index (κ2) is 8.54. The summed E-state index contributed by atoms with van der Waals surface area (Å²) in [5.41, 5.74) is 1.41. The van der Waals surface area contributed by atoms with E-state index in [1.165, 1.54) is 0 Å². The molecule has 0 saturated heterocycles. The Labute approximate surface area is 147 Å². The SMILES string of the molecule is CCOc1ccc(NC(=O)NCCNS(C)(=O)=O)cc1-n1cccc1. The highest BCUT2D eigenvalue weighted by Gasteiger charge is 2.09. The molecule has 2 aromatic rings. The van der Waals surface area contributed by atoms with Crippen molar-refractivity contribution in [2.24, 2.45) is 0 Å². The van der Waals surface area contributed by atoms with Crippen LogP contribution in [0.4, 0.5) is 10.5 Å². The van der Waals surface area contributed by atoms with Gasteiger partial charge in [0, 0.05) is 31.2 Å². The van der Waals surface area contributed by atoms with E-state index in [1.54, 1.807) is 18.2 Å². The Bertz CT molecular complexity index is 804. The molecule has 9 heteroatoms. The Kier molecular flexibility index (Phi) is 6.43. The smallest absolute Gasteiger partial charge is 0.319 e. The lowest BCUT2D eigenvalue weighted by atomic mass is 10.2. The number of ether oxygens (including phenoxy) is 1. The molecular weight excluding hydrogens is 344 g/mol. The van der Waals surface area contributed by atoms with Crippen molar-refractivity contribution in [1.82, 2.24) is 14.6 Å². The number of carbonyl (C=O) groups is 1. The summed E-state index contributed by atoms with van der Waals surface area (Å²) >= 11 is 0. The van der Waals surface area contributed by atoms with Crippen LogP contribution in [0.5, 0.6) is 5.75 Å². The van der Waals surface area contributed by atoms with Crippen LogP contribution in [-0.2, 0) is 10.0 Å². The van der Waals surface area contributed by atoms with Crippen LogP contribution in [-0.4, -0.2) is 45.0 Å². The molecule has 0 atom stereocenters. The average molecular weight is 366 g/mol. The Morgan fingerprint density at radius 2 is 1.92 bits per heavy atom. The number of aromatic nitrogens is 1. The number of rotatable bonds is 8. The van der Waals surface area contributed by atoms with Crippen LogP contribution in [0, 0.1) is 0 Å². The first kappa shape index (κ1) is 18.8. The van der Waals surface area contributed by atoms with E-state index >= 15 is 0 Å². The summed E-state index contributed by atoms with van der Waals surface area (Å²) in [4.78, 5) is 11.9. The van der Waals surface area contributed by atoms with Gasteiger partial charge in [-0.05, 0) is 37.3 Å². The van der Waals surface area contributed by atoms with Crippen molar-refractivity contribution in [3.63, 3.8) is 0 Å². The van der Waals surface area contributed by atoms with Crippen molar-refractivity contribution in [2.75, 3.05) is 31.3 Å². The number of nitrogens with zero attached hydrogens (tertiary/aromatic N) is 1. The second-order valence-electron chi connectivity index (χ2n) is 5.25. The molecule has 1 aromatic carbocycles. The van der Waals surface area contributed by atoms with Crippen molar-refractivity contribution in [1.29, 1.82) is 0 Å². The zero-order valence-electron chi connectivity index (χ0n) is 14.2. The molecule has 1 aromatic heterocycles. The van der Waals surface area contributed by atoms with Crippen LogP contribution >= 0.6 is 0 Å². The van der Waals surface area contributed by atoms with E-state index in [4.69, 9.17) is 4.74 Å². The molecule has 136 valence electrons. The first-order chi connectivity index (χ1) is 11.9. The second-order valence-corrected chi connectivity index (χ2v) is 7.09. The molecule has 2 rings (SSSR count). The van der Waals surface area contributed by atoms with E-state index in [0.29, 0.717) is 18.0 Å². The predicted molar refractivity (Wildman–Crippen MR) is 96.8 cm³/mol. The summed E-state index contributed by atoms with van der Waals surface area (Å²) < 4.78 is 31.7. The molecular formula is C16H22N4O4S. The molecule has 0 aliphatic rings.